The quantitative estimate of drug-likeness (QED) is 0.666. The van der Waals surface area contributed by atoms with Crippen molar-refractivity contribution in [2.24, 2.45) is 0 Å². The molecule has 2 aromatic rings. The van der Waals surface area contributed by atoms with Gasteiger partial charge in [0.1, 0.15) is 5.82 Å². The van der Waals surface area contributed by atoms with Crippen LogP contribution in [0, 0.1) is 6.92 Å². The number of benzene rings is 1. The lowest BCUT2D eigenvalue weighted by molar-refractivity contribution is 1.13. The number of nitrogens with zero attached hydrogens (tertiary/aromatic N) is 2. The Kier molecular flexibility index (Phi) is 6.90. The molecule has 3 nitrogen and oxygen atoms in total. The van der Waals surface area contributed by atoms with Crippen LogP contribution in [0.1, 0.15) is 19.4 Å². The van der Waals surface area contributed by atoms with Crippen molar-refractivity contribution in [1.29, 1.82) is 0 Å². The van der Waals surface area contributed by atoms with E-state index >= 15 is 0 Å². The molecule has 0 amide bonds. The van der Waals surface area contributed by atoms with Crippen LogP contribution in [-0.2, 0) is 0 Å². The number of aryl methyl sites for hydroxylation is 1. The summed E-state index contributed by atoms with van der Waals surface area (Å²) >= 11 is 5.83. The summed E-state index contributed by atoms with van der Waals surface area (Å²) in [6.45, 7) is 10.4. The number of para-hydroxylation sites is 1. The van der Waals surface area contributed by atoms with Crippen molar-refractivity contribution in [2.75, 3.05) is 18.6 Å². The normalized spacial score (nSPS) is 9.95. The first-order chi connectivity index (χ1) is 9.58. The van der Waals surface area contributed by atoms with E-state index in [9.17, 15) is 0 Å². The number of hydrogen-bond donors (Lipinski definition) is 1. The lowest BCUT2D eigenvalue weighted by Gasteiger charge is -2.15. The van der Waals surface area contributed by atoms with Crippen molar-refractivity contribution in [1.82, 2.24) is 9.97 Å². The van der Waals surface area contributed by atoms with Gasteiger partial charge in [-0.1, -0.05) is 40.0 Å². The average Bonchev–Trinajstić information content (AvgIpc) is 2.45. The molecule has 5 heteroatoms. The Bertz CT molecular complexity index is 559. The number of hydrogen-bond acceptors (Lipinski definition) is 3. The standard InChI is InChI=1S/C13H15ClN3P.C2H6/c1-9-8-15-13(14)17-12(9)16-10-6-4-5-7-11(10)18(2)3;1-2/h4-8H,1-3H3,(H,15,16,17);1-2H3. The maximum Gasteiger partial charge on any atom is 0.224 e. The van der Waals surface area contributed by atoms with Gasteiger partial charge in [-0.3, -0.25) is 0 Å². The van der Waals surface area contributed by atoms with E-state index in [0.29, 0.717) is 0 Å². The maximum absolute atomic E-state index is 5.83. The van der Waals surface area contributed by atoms with Crippen LogP contribution in [0.25, 0.3) is 0 Å². The molecule has 0 saturated heterocycles. The van der Waals surface area contributed by atoms with Gasteiger partial charge in [0.25, 0.3) is 0 Å². The highest BCUT2D eigenvalue weighted by Gasteiger charge is 2.08. The number of anilines is 2. The minimum absolute atomic E-state index is 0.169. The second-order valence-corrected chi connectivity index (χ2v) is 6.82. The topological polar surface area (TPSA) is 37.8 Å². The van der Waals surface area contributed by atoms with E-state index in [-0.39, 0.29) is 13.2 Å². The largest absolute Gasteiger partial charge is 0.339 e. The summed E-state index contributed by atoms with van der Waals surface area (Å²) in [5.41, 5.74) is 2.07. The summed E-state index contributed by atoms with van der Waals surface area (Å²) in [7, 11) is -0.169. The Morgan fingerprint density at radius 1 is 1.15 bits per heavy atom. The third-order valence-electron chi connectivity index (χ3n) is 2.58. The number of halogens is 1. The molecule has 0 aliphatic rings. The van der Waals surface area contributed by atoms with Crippen LogP contribution < -0.4 is 10.6 Å². The lowest BCUT2D eigenvalue weighted by atomic mass is 10.3. The van der Waals surface area contributed by atoms with Gasteiger partial charge in [-0.05, 0) is 43.2 Å². The molecule has 2 rings (SSSR count). The second-order valence-electron chi connectivity index (χ2n) is 4.21. The van der Waals surface area contributed by atoms with Crippen molar-refractivity contribution in [3.63, 3.8) is 0 Å². The van der Waals surface area contributed by atoms with Crippen molar-refractivity contribution in [3.8, 4) is 0 Å². The Morgan fingerprint density at radius 3 is 2.45 bits per heavy atom. The number of nitrogens with one attached hydrogen (secondary N) is 1. The SMILES string of the molecule is CC.Cc1cnc(Cl)nc1Nc1ccccc1P(C)C. The molecule has 0 unspecified atom stereocenters. The molecule has 0 saturated carbocycles. The van der Waals surface area contributed by atoms with Crippen LogP contribution in [0.2, 0.25) is 5.28 Å². The molecule has 0 atom stereocenters. The summed E-state index contributed by atoms with van der Waals surface area (Å²) in [4.78, 5) is 8.18. The molecule has 0 fully saturated rings. The van der Waals surface area contributed by atoms with Gasteiger partial charge in [0, 0.05) is 17.4 Å². The molecule has 0 spiro atoms. The van der Waals surface area contributed by atoms with Crippen molar-refractivity contribution < 1.29 is 0 Å². The molecule has 20 heavy (non-hydrogen) atoms. The predicted molar refractivity (Wildman–Crippen MR) is 91.3 cm³/mol. The summed E-state index contributed by atoms with van der Waals surface area (Å²) in [6.07, 6.45) is 1.72. The molecule has 1 heterocycles. The zero-order chi connectivity index (χ0) is 15.1. The highest BCUT2D eigenvalue weighted by molar-refractivity contribution is 7.64. The molecule has 0 radical (unpaired) electrons. The predicted octanol–water partition coefficient (Wildman–Crippen LogP) is 4.58. The zero-order valence-corrected chi connectivity index (χ0v) is 14.3. The van der Waals surface area contributed by atoms with Gasteiger partial charge in [0.15, 0.2) is 0 Å². The molecular weight excluding hydrogens is 289 g/mol. The van der Waals surface area contributed by atoms with Crippen LogP contribution in [-0.4, -0.2) is 23.3 Å². The minimum atomic E-state index is -0.169. The van der Waals surface area contributed by atoms with Crippen molar-refractivity contribution >= 4 is 36.3 Å². The van der Waals surface area contributed by atoms with E-state index < -0.39 is 0 Å². The third-order valence-corrected chi connectivity index (χ3v) is 4.12. The molecule has 108 valence electrons. The van der Waals surface area contributed by atoms with Crippen LogP contribution >= 0.6 is 19.5 Å². The molecule has 1 aromatic carbocycles. The Labute approximate surface area is 127 Å². The van der Waals surface area contributed by atoms with E-state index in [1.807, 2.05) is 26.8 Å². The third kappa shape index (κ3) is 4.43. The average molecular weight is 310 g/mol. The fourth-order valence-corrected chi connectivity index (χ4v) is 2.77. The Balaban J connectivity index is 0.000000956. The van der Waals surface area contributed by atoms with Crippen LogP contribution in [0.4, 0.5) is 11.5 Å². The number of rotatable bonds is 3. The van der Waals surface area contributed by atoms with Crippen molar-refractivity contribution in [2.45, 2.75) is 20.8 Å². The highest BCUT2D eigenvalue weighted by atomic mass is 35.5. The second kappa shape index (κ2) is 8.18. The molecule has 0 bridgehead atoms. The van der Waals surface area contributed by atoms with Crippen molar-refractivity contribution in [3.05, 3.63) is 41.3 Å². The minimum Gasteiger partial charge on any atom is -0.339 e. The van der Waals surface area contributed by atoms with E-state index in [0.717, 1.165) is 17.1 Å². The molecular formula is C15H21ClN3P. The number of aromatic nitrogens is 2. The summed E-state index contributed by atoms with van der Waals surface area (Å²) < 4.78 is 0. The molecule has 0 aliphatic heterocycles. The molecule has 1 aromatic heterocycles. The highest BCUT2D eigenvalue weighted by Crippen LogP contribution is 2.29. The Hall–Kier alpha value is -1.18. The van der Waals surface area contributed by atoms with E-state index in [1.165, 1.54) is 5.30 Å². The van der Waals surface area contributed by atoms with E-state index in [2.05, 4.69) is 46.8 Å². The van der Waals surface area contributed by atoms with Crippen LogP contribution in [0.15, 0.2) is 30.5 Å². The Morgan fingerprint density at radius 2 is 1.80 bits per heavy atom. The first-order valence-corrected chi connectivity index (χ1v) is 9.22. The van der Waals surface area contributed by atoms with Gasteiger partial charge in [0.05, 0.1) is 0 Å². The summed E-state index contributed by atoms with van der Waals surface area (Å²) in [5, 5.41) is 4.92. The fourth-order valence-electron chi connectivity index (χ4n) is 1.64. The zero-order valence-electron chi connectivity index (χ0n) is 12.6. The molecule has 0 aliphatic carbocycles. The van der Waals surface area contributed by atoms with Gasteiger partial charge >= 0.3 is 0 Å². The fraction of sp³-hybridized carbons (Fsp3) is 0.333. The van der Waals surface area contributed by atoms with Gasteiger partial charge < -0.3 is 5.32 Å². The van der Waals surface area contributed by atoms with Gasteiger partial charge in [-0.15, -0.1) is 0 Å². The van der Waals surface area contributed by atoms with Gasteiger partial charge in [-0.25, -0.2) is 9.97 Å². The van der Waals surface area contributed by atoms with E-state index in [4.69, 9.17) is 11.6 Å². The van der Waals surface area contributed by atoms with Crippen LogP contribution in [0.3, 0.4) is 0 Å². The summed E-state index contributed by atoms with van der Waals surface area (Å²) in [6, 6.07) is 8.28. The maximum atomic E-state index is 5.83. The first-order valence-electron chi connectivity index (χ1n) is 6.60. The first kappa shape index (κ1) is 16.9. The summed E-state index contributed by atoms with van der Waals surface area (Å²) in [5.74, 6) is 0.763. The van der Waals surface area contributed by atoms with Crippen LogP contribution in [0.5, 0.6) is 0 Å². The monoisotopic (exact) mass is 309 g/mol. The smallest absolute Gasteiger partial charge is 0.224 e. The van der Waals surface area contributed by atoms with Gasteiger partial charge in [-0.2, -0.15) is 0 Å². The van der Waals surface area contributed by atoms with E-state index in [1.54, 1.807) is 6.20 Å². The van der Waals surface area contributed by atoms with Gasteiger partial charge in [0.2, 0.25) is 5.28 Å². The lowest BCUT2D eigenvalue weighted by Crippen LogP contribution is -2.08. The molecule has 1 N–H and O–H groups in total.